The lowest BCUT2D eigenvalue weighted by Gasteiger charge is -2.09. The van der Waals surface area contributed by atoms with Crippen molar-refractivity contribution in [2.75, 3.05) is 17.3 Å². The zero-order valence-electron chi connectivity index (χ0n) is 11.1. The summed E-state index contributed by atoms with van der Waals surface area (Å²) in [6, 6.07) is 10.5. The topological polar surface area (TPSA) is 89.3 Å². The minimum atomic E-state index is -3.37. The van der Waals surface area contributed by atoms with E-state index in [0.29, 0.717) is 16.4 Å². The summed E-state index contributed by atoms with van der Waals surface area (Å²) < 4.78 is 23.0. The average Bonchev–Trinajstić information content (AvgIpc) is 2.42. The summed E-state index contributed by atoms with van der Waals surface area (Å²) in [6.45, 7) is 0. The lowest BCUT2D eigenvalue weighted by atomic mass is 10.2. The highest BCUT2D eigenvalue weighted by Crippen LogP contribution is 2.23. The summed E-state index contributed by atoms with van der Waals surface area (Å²) in [7, 11) is -3.37. The first kappa shape index (κ1) is 15.3. The molecule has 0 atom stereocenters. The van der Waals surface area contributed by atoms with E-state index < -0.39 is 15.7 Å². The molecular weight excluding hydrogens is 312 g/mol. The lowest BCUT2D eigenvalue weighted by Crippen LogP contribution is -2.14. The molecule has 2 aromatic carbocycles. The Morgan fingerprint density at radius 2 is 1.90 bits per heavy atom. The molecule has 0 aliphatic rings. The van der Waals surface area contributed by atoms with Crippen LogP contribution in [0.4, 0.5) is 11.4 Å². The van der Waals surface area contributed by atoms with E-state index in [9.17, 15) is 13.2 Å². The second-order valence-corrected chi connectivity index (χ2v) is 6.94. The van der Waals surface area contributed by atoms with Gasteiger partial charge >= 0.3 is 0 Å². The Hall–Kier alpha value is -2.05. The minimum Gasteiger partial charge on any atom is -0.397 e. The quantitative estimate of drug-likeness (QED) is 0.849. The third-order valence-corrected chi connectivity index (χ3v) is 4.13. The van der Waals surface area contributed by atoms with Gasteiger partial charge in [0, 0.05) is 16.8 Å². The van der Waals surface area contributed by atoms with Crippen LogP contribution in [0, 0.1) is 0 Å². The number of hydrogen-bond donors (Lipinski definition) is 2. The van der Waals surface area contributed by atoms with Crippen molar-refractivity contribution < 1.29 is 13.2 Å². The molecule has 0 aliphatic heterocycles. The van der Waals surface area contributed by atoms with Crippen LogP contribution in [0.1, 0.15) is 10.4 Å². The molecule has 0 bridgehead atoms. The number of carbonyl (C=O) groups excluding carboxylic acids is 1. The fraction of sp³-hybridized carbons (Fsp3) is 0.0714. The summed E-state index contributed by atoms with van der Waals surface area (Å²) in [4.78, 5) is 12.2. The third kappa shape index (κ3) is 3.74. The summed E-state index contributed by atoms with van der Waals surface area (Å²) in [5.74, 6) is -0.463. The Balaban J connectivity index is 2.31. The number of carbonyl (C=O) groups is 1. The van der Waals surface area contributed by atoms with Gasteiger partial charge in [-0.3, -0.25) is 4.79 Å². The molecular formula is C14H13ClN2O3S. The molecule has 0 fully saturated rings. The molecule has 1 amide bonds. The van der Waals surface area contributed by atoms with Gasteiger partial charge in [-0.25, -0.2) is 8.42 Å². The SMILES string of the molecule is CS(=O)(=O)c1cccc(C(=O)Nc2cc(Cl)ccc2N)c1. The van der Waals surface area contributed by atoms with Crippen molar-refractivity contribution in [3.05, 3.63) is 53.1 Å². The summed E-state index contributed by atoms with van der Waals surface area (Å²) in [6.07, 6.45) is 1.08. The number of amides is 1. The van der Waals surface area contributed by atoms with Crippen LogP contribution in [-0.2, 0) is 9.84 Å². The molecule has 2 rings (SSSR count). The van der Waals surface area contributed by atoms with Gasteiger partial charge < -0.3 is 11.1 Å². The van der Waals surface area contributed by atoms with Gasteiger partial charge in [0.05, 0.1) is 16.3 Å². The average molecular weight is 325 g/mol. The van der Waals surface area contributed by atoms with Crippen LogP contribution in [0.5, 0.6) is 0 Å². The molecule has 21 heavy (non-hydrogen) atoms. The molecule has 110 valence electrons. The number of nitrogens with two attached hydrogens (primary N) is 1. The fourth-order valence-electron chi connectivity index (χ4n) is 1.70. The van der Waals surface area contributed by atoms with E-state index in [2.05, 4.69) is 5.32 Å². The van der Waals surface area contributed by atoms with Gasteiger partial charge in [-0.15, -0.1) is 0 Å². The fourth-order valence-corrected chi connectivity index (χ4v) is 2.54. The summed E-state index contributed by atoms with van der Waals surface area (Å²) in [5.41, 5.74) is 6.71. The van der Waals surface area contributed by atoms with Crippen LogP contribution in [0.15, 0.2) is 47.4 Å². The Kier molecular flexibility index (Phi) is 4.20. The number of anilines is 2. The largest absolute Gasteiger partial charge is 0.397 e. The molecule has 0 aliphatic carbocycles. The highest BCUT2D eigenvalue weighted by atomic mass is 35.5. The molecule has 3 N–H and O–H groups in total. The lowest BCUT2D eigenvalue weighted by molar-refractivity contribution is 0.102. The van der Waals surface area contributed by atoms with Crippen molar-refractivity contribution in [3.63, 3.8) is 0 Å². The van der Waals surface area contributed by atoms with E-state index in [0.717, 1.165) is 6.26 Å². The molecule has 0 aromatic heterocycles. The number of sulfone groups is 1. The van der Waals surface area contributed by atoms with Gasteiger partial charge in [0.15, 0.2) is 9.84 Å². The first-order chi connectivity index (χ1) is 9.77. The van der Waals surface area contributed by atoms with Gasteiger partial charge in [0.2, 0.25) is 0 Å². The minimum absolute atomic E-state index is 0.0780. The first-order valence-electron chi connectivity index (χ1n) is 5.94. The molecule has 5 nitrogen and oxygen atoms in total. The van der Waals surface area contributed by atoms with E-state index in [1.807, 2.05) is 0 Å². The second kappa shape index (κ2) is 5.75. The van der Waals surface area contributed by atoms with Crippen molar-refractivity contribution in [3.8, 4) is 0 Å². The van der Waals surface area contributed by atoms with Gasteiger partial charge in [-0.2, -0.15) is 0 Å². The maximum Gasteiger partial charge on any atom is 0.255 e. The predicted molar refractivity (Wildman–Crippen MR) is 83.4 cm³/mol. The van der Waals surface area contributed by atoms with Gasteiger partial charge in [-0.05, 0) is 36.4 Å². The molecule has 0 spiro atoms. The van der Waals surface area contributed by atoms with E-state index in [1.54, 1.807) is 12.1 Å². The molecule has 0 saturated heterocycles. The zero-order chi connectivity index (χ0) is 15.6. The molecule has 0 radical (unpaired) electrons. The summed E-state index contributed by atoms with van der Waals surface area (Å²) in [5, 5.41) is 3.04. The van der Waals surface area contributed by atoms with Gasteiger partial charge in [-0.1, -0.05) is 17.7 Å². The molecule has 2 aromatic rings. The zero-order valence-corrected chi connectivity index (χ0v) is 12.7. The van der Waals surface area contributed by atoms with E-state index >= 15 is 0 Å². The third-order valence-electron chi connectivity index (χ3n) is 2.79. The Morgan fingerprint density at radius 3 is 2.57 bits per heavy atom. The maximum atomic E-state index is 12.2. The number of nitrogen functional groups attached to an aromatic ring is 1. The van der Waals surface area contributed by atoms with Gasteiger partial charge in [0.25, 0.3) is 5.91 Å². The first-order valence-corrected chi connectivity index (χ1v) is 8.21. The number of halogens is 1. The highest BCUT2D eigenvalue weighted by molar-refractivity contribution is 7.90. The van der Waals surface area contributed by atoms with Crippen LogP contribution < -0.4 is 11.1 Å². The molecule has 0 saturated carbocycles. The number of nitrogens with one attached hydrogen (secondary N) is 1. The van der Waals surface area contributed by atoms with Crippen molar-refractivity contribution >= 4 is 38.7 Å². The van der Waals surface area contributed by atoms with Crippen LogP contribution in [0.3, 0.4) is 0 Å². The smallest absolute Gasteiger partial charge is 0.255 e. The van der Waals surface area contributed by atoms with Crippen molar-refractivity contribution in [1.29, 1.82) is 0 Å². The van der Waals surface area contributed by atoms with Crippen LogP contribution in [0.2, 0.25) is 5.02 Å². The Labute approximate surface area is 127 Å². The summed E-state index contributed by atoms with van der Waals surface area (Å²) >= 11 is 5.85. The molecule has 0 heterocycles. The van der Waals surface area contributed by atoms with E-state index in [1.165, 1.54) is 30.3 Å². The van der Waals surface area contributed by atoms with Crippen molar-refractivity contribution in [1.82, 2.24) is 0 Å². The predicted octanol–water partition coefficient (Wildman–Crippen LogP) is 2.58. The van der Waals surface area contributed by atoms with E-state index in [-0.39, 0.29) is 10.5 Å². The van der Waals surface area contributed by atoms with Crippen LogP contribution in [0.25, 0.3) is 0 Å². The number of rotatable bonds is 3. The molecule has 7 heteroatoms. The number of hydrogen-bond acceptors (Lipinski definition) is 4. The highest BCUT2D eigenvalue weighted by Gasteiger charge is 2.12. The van der Waals surface area contributed by atoms with Gasteiger partial charge in [0.1, 0.15) is 0 Å². The normalized spacial score (nSPS) is 11.1. The van der Waals surface area contributed by atoms with E-state index in [4.69, 9.17) is 17.3 Å². The number of benzene rings is 2. The maximum absolute atomic E-state index is 12.2. The second-order valence-electron chi connectivity index (χ2n) is 4.49. The Morgan fingerprint density at radius 1 is 1.19 bits per heavy atom. The van der Waals surface area contributed by atoms with Crippen LogP contribution in [-0.4, -0.2) is 20.6 Å². The Bertz CT molecular complexity index is 804. The molecule has 0 unspecified atom stereocenters. The van der Waals surface area contributed by atoms with Crippen molar-refractivity contribution in [2.45, 2.75) is 4.90 Å². The van der Waals surface area contributed by atoms with Crippen molar-refractivity contribution in [2.24, 2.45) is 0 Å². The monoisotopic (exact) mass is 324 g/mol. The standard InChI is InChI=1S/C14H13ClN2O3S/c1-21(19,20)11-4-2-3-9(7-11)14(18)17-13-8-10(15)5-6-12(13)16/h2-8H,16H2,1H3,(H,17,18). The van der Waals surface area contributed by atoms with Crippen LogP contribution >= 0.6 is 11.6 Å².